The van der Waals surface area contributed by atoms with Crippen molar-refractivity contribution in [3.8, 4) is 0 Å². The van der Waals surface area contributed by atoms with Gasteiger partial charge in [-0.3, -0.25) is 14.9 Å². The number of amides is 3. The van der Waals surface area contributed by atoms with Crippen molar-refractivity contribution in [2.24, 2.45) is 5.73 Å². The summed E-state index contributed by atoms with van der Waals surface area (Å²) in [4.78, 5) is 32.8. The van der Waals surface area contributed by atoms with Crippen molar-refractivity contribution < 1.29 is 19.1 Å². The minimum absolute atomic E-state index is 0.178. The van der Waals surface area contributed by atoms with Gasteiger partial charge < -0.3 is 10.5 Å². The molecule has 1 rings (SSSR count). The van der Waals surface area contributed by atoms with Crippen LogP contribution in [0.15, 0.2) is 18.2 Å². The predicted molar refractivity (Wildman–Crippen MR) is 68.9 cm³/mol. The summed E-state index contributed by atoms with van der Waals surface area (Å²) in [5, 5.41) is 2.41. The summed E-state index contributed by atoms with van der Waals surface area (Å²) in [5.41, 5.74) is 5.13. The molecule has 0 heterocycles. The Morgan fingerprint density at radius 2 is 1.79 bits per heavy atom. The minimum atomic E-state index is -1.02. The molecule has 6 nitrogen and oxygen atoms in total. The van der Waals surface area contributed by atoms with Gasteiger partial charge in [-0.15, -0.1) is 0 Å². The van der Waals surface area contributed by atoms with E-state index in [0.29, 0.717) is 15.6 Å². The number of hydrogen-bond acceptors (Lipinski definition) is 4. The number of primary amides is 1. The van der Waals surface area contributed by atoms with E-state index in [9.17, 15) is 14.4 Å². The normalized spacial score (nSPS) is 9.79. The molecule has 0 fully saturated rings. The molecule has 0 aliphatic heterocycles. The Hall–Kier alpha value is -1.79. The summed E-state index contributed by atoms with van der Waals surface area (Å²) < 4.78 is 4.64. The SMILES string of the molecule is NC(=O)NC(=O)COC(=O)Cc1c(Cl)cccc1Cl. The number of rotatable bonds is 4. The zero-order valence-electron chi connectivity index (χ0n) is 9.61. The molecule has 1 aromatic rings. The second-order valence-corrected chi connectivity index (χ2v) is 4.26. The van der Waals surface area contributed by atoms with Crippen LogP contribution in [0.1, 0.15) is 5.56 Å². The van der Waals surface area contributed by atoms with Crippen molar-refractivity contribution in [2.45, 2.75) is 6.42 Å². The van der Waals surface area contributed by atoms with Crippen LogP contribution >= 0.6 is 23.2 Å². The zero-order chi connectivity index (χ0) is 14.4. The molecular weight excluding hydrogens is 295 g/mol. The van der Waals surface area contributed by atoms with E-state index in [-0.39, 0.29) is 6.42 Å². The summed E-state index contributed by atoms with van der Waals surface area (Å²) in [6.45, 7) is -0.607. The average molecular weight is 305 g/mol. The van der Waals surface area contributed by atoms with E-state index in [0.717, 1.165) is 0 Å². The molecule has 0 saturated heterocycles. The van der Waals surface area contributed by atoms with Gasteiger partial charge in [0.1, 0.15) is 0 Å². The van der Waals surface area contributed by atoms with Crippen LogP contribution in [0.25, 0.3) is 0 Å². The fraction of sp³-hybridized carbons (Fsp3) is 0.182. The molecule has 0 radical (unpaired) electrons. The lowest BCUT2D eigenvalue weighted by molar-refractivity contribution is -0.147. The van der Waals surface area contributed by atoms with Crippen molar-refractivity contribution in [3.05, 3.63) is 33.8 Å². The van der Waals surface area contributed by atoms with E-state index in [2.05, 4.69) is 4.74 Å². The standard InChI is InChI=1S/C11H10Cl2N2O4/c12-7-2-1-3-8(13)6(7)4-10(17)19-5-9(16)15-11(14)18/h1-3H,4-5H2,(H3,14,15,16,18). The van der Waals surface area contributed by atoms with Gasteiger partial charge in [0.25, 0.3) is 5.91 Å². The molecule has 1 aromatic carbocycles. The minimum Gasteiger partial charge on any atom is -0.455 e. The van der Waals surface area contributed by atoms with Crippen LogP contribution in [0, 0.1) is 0 Å². The van der Waals surface area contributed by atoms with Crippen molar-refractivity contribution in [1.82, 2.24) is 5.32 Å². The molecule has 3 N–H and O–H groups in total. The topological polar surface area (TPSA) is 98.5 Å². The van der Waals surface area contributed by atoms with Crippen molar-refractivity contribution >= 4 is 41.1 Å². The van der Waals surface area contributed by atoms with Crippen LogP contribution in [0.5, 0.6) is 0 Å². The van der Waals surface area contributed by atoms with Gasteiger partial charge in [-0.05, 0) is 12.1 Å². The number of imide groups is 1. The number of halogens is 2. The summed E-state index contributed by atoms with van der Waals surface area (Å²) in [6, 6.07) is 3.78. The summed E-state index contributed by atoms with van der Waals surface area (Å²) >= 11 is 11.7. The lowest BCUT2D eigenvalue weighted by Crippen LogP contribution is -2.37. The number of esters is 1. The zero-order valence-corrected chi connectivity index (χ0v) is 11.1. The highest BCUT2D eigenvalue weighted by Gasteiger charge is 2.13. The van der Waals surface area contributed by atoms with Gasteiger partial charge in [0.05, 0.1) is 6.42 Å². The van der Waals surface area contributed by atoms with E-state index in [1.807, 2.05) is 0 Å². The van der Waals surface area contributed by atoms with Crippen LogP contribution in [-0.4, -0.2) is 24.5 Å². The first kappa shape index (κ1) is 15.3. The summed E-state index contributed by atoms with van der Waals surface area (Å²) in [7, 11) is 0. The van der Waals surface area contributed by atoms with Crippen LogP contribution in [0.3, 0.4) is 0 Å². The van der Waals surface area contributed by atoms with Gasteiger partial charge in [-0.2, -0.15) is 0 Å². The number of carbonyl (C=O) groups is 3. The lowest BCUT2D eigenvalue weighted by Gasteiger charge is -2.07. The smallest absolute Gasteiger partial charge is 0.318 e. The average Bonchev–Trinajstić information content (AvgIpc) is 2.30. The number of ether oxygens (including phenoxy) is 1. The third-order valence-corrected chi connectivity index (χ3v) is 2.72. The summed E-state index contributed by atoms with van der Waals surface area (Å²) in [5.74, 6) is -1.51. The molecule has 0 atom stereocenters. The van der Waals surface area contributed by atoms with Gasteiger partial charge >= 0.3 is 12.0 Å². The first-order valence-electron chi connectivity index (χ1n) is 5.08. The Balaban J connectivity index is 2.52. The van der Waals surface area contributed by atoms with Crippen LogP contribution in [0.4, 0.5) is 4.79 Å². The van der Waals surface area contributed by atoms with Crippen LogP contribution in [0.2, 0.25) is 10.0 Å². The fourth-order valence-electron chi connectivity index (χ4n) is 1.22. The van der Waals surface area contributed by atoms with Gasteiger partial charge in [0.2, 0.25) is 0 Å². The Morgan fingerprint density at radius 1 is 1.21 bits per heavy atom. The van der Waals surface area contributed by atoms with E-state index < -0.39 is 24.5 Å². The Kier molecular flexibility index (Phi) is 5.59. The first-order valence-corrected chi connectivity index (χ1v) is 5.83. The van der Waals surface area contributed by atoms with Gasteiger partial charge in [0.15, 0.2) is 6.61 Å². The molecule has 0 aromatic heterocycles. The third-order valence-electron chi connectivity index (χ3n) is 2.01. The summed E-state index contributed by atoms with van der Waals surface area (Å²) in [6.07, 6.45) is -0.178. The molecule has 0 bridgehead atoms. The van der Waals surface area contributed by atoms with E-state index in [4.69, 9.17) is 28.9 Å². The second-order valence-electron chi connectivity index (χ2n) is 3.45. The molecule has 0 spiro atoms. The largest absolute Gasteiger partial charge is 0.455 e. The Bertz CT molecular complexity index is 499. The number of hydrogen-bond donors (Lipinski definition) is 2. The number of urea groups is 1. The van der Waals surface area contributed by atoms with E-state index in [1.165, 1.54) is 0 Å². The quantitative estimate of drug-likeness (QED) is 0.818. The number of carbonyl (C=O) groups excluding carboxylic acids is 3. The van der Waals surface area contributed by atoms with Crippen LogP contribution in [-0.2, 0) is 20.7 Å². The highest BCUT2D eigenvalue weighted by molar-refractivity contribution is 6.36. The molecule has 8 heteroatoms. The molecule has 0 saturated carbocycles. The maximum absolute atomic E-state index is 11.5. The number of nitrogens with two attached hydrogens (primary N) is 1. The molecule has 0 aliphatic rings. The van der Waals surface area contributed by atoms with E-state index in [1.54, 1.807) is 23.5 Å². The molecule has 3 amide bonds. The van der Waals surface area contributed by atoms with Crippen molar-refractivity contribution in [2.75, 3.05) is 6.61 Å². The van der Waals surface area contributed by atoms with Crippen molar-refractivity contribution in [1.29, 1.82) is 0 Å². The maximum atomic E-state index is 11.5. The highest BCUT2D eigenvalue weighted by atomic mass is 35.5. The maximum Gasteiger partial charge on any atom is 0.318 e. The molecule has 102 valence electrons. The fourth-order valence-corrected chi connectivity index (χ4v) is 1.75. The Morgan fingerprint density at radius 3 is 2.32 bits per heavy atom. The van der Waals surface area contributed by atoms with Crippen LogP contribution < -0.4 is 11.1 Å². The van der Waals surface area contributed by atoms with Crippen molar-refractivity contribution in [3.63, 3.8) is 0 Å². The molecular formula is C11H10Cl2N2O4. The molecule has 0 unspecified atom stereocenters. The van der Waals surface area contributed by atoms with Gasteiger partial charge in [0, 0.05) is 15.6 Å². The van der Waals surface area contributed by atoms with E-state index >= 15 is 0 Å². The van der Waals surface area contributed by atoms with Gasteiger partial charge in [-0.25, -0.2) is 4.79 Å². The Labute approximate surface area is 118 Å². The molecule has 0 aliphatic carbocycles. The number of nitrogens with one attached hydrogen (secondary N) is 1. The second kappa shape index (κ2) is 6.96. The van der Waals surface area contributed by atoms with Gasteiger partial charge in [-0.1, -0.05) is 29.3 Å². The highest BCUT2D eigenvalue weighted by Crippen LogP contribution is 2.24. The monoisotopic (exact) mass is 304 g/mol. The third kappa shape index (κ3) is 5.15. The predicted octanol–water partition coefficient (Wildman–Crippen LogP) is 1.27. The molecule has 19 heavy (non-hydrogen) atoms. The lowest BCUT2D eigenvalue weighted by atomic mass is 10.1. The number of benzene rings is 1. The first-order chi connectivity index (χ1) is 8.90.